The molecule has 0 spiro atoms. The highest BCUT2D eigenvalue weighted by atomic mass is 32.1. The molecular weight excluding hydrogens is 470 g/mol. The molecule has 0 saturated heterocycles. The number of hydrogen-bond acceptors (Lipinski definition) is 7. The summed E-state index contributed by atoms with van der Waals surface area (Å²) in [6.07, 6.45) is 0.736. The first-order valence-electron chi connectivity index (χ1n) is 11.1. The molecule has 2 N–H and O–H groups in total. The predicted octanol–water partition coefficient (Wildman–Crippen LogP) is 2.89. The molecule has 2 heterocycles. The van der Waals surface area contributed by atoms with Crippen molar-refractivity contribution in [3.05, 3.63) is 69.9 Å². The Morgan fingerprint density at radius 1 is 0.943 bits per heavy atom. The minimum atomic E-state index is -0.752. The van der Waals surface area contributed by atoms with E-state index in [1.165, 1.54) is 0 Å². The molecule has 180 valence electrons. The minimum absolute atomic E-state index is 0.0380. The number of urea groups is 1. The second kappa shape index (κ2) is 10.9. The molecule has 0 bridgehead atoms. The van der Waals surface area contributed by atoms with Crippen molar-refractivity contribution in [1.29, 1.82) is 0 Å². The Morgan fingerprint density at radius 3 is 2.31 bits per heavy atom. The summed E-state index contributed by atoms with van der Waals surface area (Å²) in [6, 6.07) is 13.8. The van der Waals surface area contributed by atoms with E-state index in [1.807, 2.05) is 29.6 Å². The van der Waals surface area contributed by atoms with Crippen molar-refractivity contribution >= 4 is 51.8 Å². The third-order valence-electron chi connectivity index (χ3n) is 5.47. The van der Waals surface area contributed by atoms with Crippen LogP contribution in [-0.2, 0) is 20.7 Å². The SMILES string of the molecule is O=C(COC(=O)CCCN1C(=O)c2cccc3cccc(c23)C1=O)NC(=O)NCCc1cccs1. The molecule has 35 heavy (non-hydrogen) atoms. The van der Waals surface area contributed by atoms with Crippen LogP contribution < -0.4 is 10.6 Å². The van der Waals surface area contributed by atoms with Crippen molar-refractivity contribution in [1.82, 2.24) is 15.5 Å². The molecule has 1 aliphatic heterocycles. The highest BCUT2D eigenvalue weighted by Crippen LogP contribution is 2.30. The van der Waals surface area contributed by atoms with Crippen LogP contribution in [0.3, 0.4) is 0 Å². The lowest BCUT2D eigenvalue weighted by atomic mass is 9.94. The van der Waals surface area contributed by atoms with E-state index in [9.17, 15) is 24.0 Å². The van der Waals surface area contributed by atoms with Gasteiger partial charge in [-0.1, -0.05) is 30.3 Å². The molecule has 0 atom stereocenters. The number of nitrogens with zero attached hydrogens (tertiary/aromatic N) is 1. The van der Waals surface area contributed by atoms with Crippen molar-refractivity contribution in [3.8, 4) is 0 Å². The van der Waals surface area contributed by atoms with Gasteiger partial charge < -0.3 is 10.1 Å². The molecule has 2 aromatic carbocycles. The predicted molar refractivity (Wildman–Crippen MR) is 129 cm³/mol. The van der Waals surface area contributed by atoms with Gasteiger partial charge in [-0.25, -0.2) is 4.79 Å². The van der Waals surface area contributed by atoms with E-state index in [0.29, 0.717) is 29.5 Å². The van der Waals surface area contributed by atoms with Gasteiger partial charge in [0.2, 0.25) is 0 Å². The smallest absolute Gasteiger partial charge is 0.321 e. The lowest BCUT2D eigenvalue weighted by molar-refractivity contribution is -0.148. The number of hydrogen-bond donors (Lipinski definition) is 2. The first-order valence-corrected chi connectivity index (χ1v) is 12.0. The fraction of sp³-hybridized carbons (Fsp3) is 0.240. The van der Waals surface area contributed by atoms with Gasteiger partial charge in [-0.05, 0) is 41.8 Å². The van der Waals surface area contributed by atoms with Crippen LogP contribution in [-0.4, -0.2) is 54.3 Å². The molecule has 4 rings (SSSR count). The van der Waals surface area contributed by atoms with Crippen LogP contribution in [0, 0.1) is 0 Å². The zero-order valence-corrected chi connectivity index (χ0v) is 19.6. The molecule has 0 aliphatic carbocycles. The first-order chi connectivity index (χ1) is 16.9. The summed E-state index contributed by atoms with van der Waals surface area (Å²) < 4.78 is 4.90. The standard InChI is InChI=1S/C25H23N3O6S/c29-20(27-25(33)26-12-11-17-7-4-14-35-17)15-34-21(30)10-3-13-28-23(31)18-8-1-5-16-6-2-9-19(22(16)18)24(28)32/h1-2,4-9,14H,3,10-13,15H2,(H2,26,27,29,33). The number of amides is 5. The van der Waals surface area contributed by atoms with Gasteiger partial charge >= 0.3 is 12.0 Å². The van der Waals surface area contributed by atoms with Crippen LogP contribution in [0.2, 0.25) is 0 Å². The molecule has 1 aromatic heterocycles. The van der Waals surface area contributed by atoms with Gasteiger partial charge in [0.05, 0.1) is 0 Å². The van der Waals surface area contributed by atoms with E-state index >= 15 is 0 Å². The number of imide groups is 2. The highest BCUT2D eigenvalue weighted by Gasteiger charge is 2.32. The Kier molecular flexibility index (Phi) is 7.51. The zero-order chi connectivity index (χ0) is 24.8. The van der Waals surface area contributed by atoms with Crippen LogP contribution in [0.4, 0.5) is 4.79 Å². The minimum Gasteiger partial charge on any atom is -0.456 e. The average molecular weight is 494 g/mol. The summed E-state index contributed by atoms with van der Waals surface area (Å²) in [5, 5.41) is 8.05. The lowest BCUT2D eigenvalue weighted by Crippen LogP contribution is -2.42. The summed E-state index contributed by atoms with van der Waals surface area (Å²) >= 11 is 1.57. The fourth-order valence-electron chi connectivity index (χ4n) is 3.84. The number of thiophene rings is 1. The van der Waals surface area contributed by atoms with Gasteiger partial charge in [0.1, 0.15) is 0 Å². The highest BCUT2D eigenvalue weighted by molar-refractivity contribution is 7.09. The molecule has 1 aliphatic rings. The molecule has 0 saturated carbocycles. The number of esters is 1. The fourth-order valence-corrected chi connectivity index (χ4v) is 4.55. The maximum atomic E-state index is 12.8. The van der Waals surface area contributed by atoms with E-state index in [0.717, 1.165) is 15.2 Å². The number of nitrogens with one attached hydrogen (secondary N) is 2. The van der Waals surface area contributed by atoms with Crippen molar-refractivity contribution in [2.75, 3.05) is 19.7 Å². The largest absolute Gasteiger partial charge is 0.456 e. The number of carbonyl (C=O) groups excluding carboxylic acids is 5. The summed E-state index contributed by atoms with van der Waals surface area (Å²) in [5.41, 5.74) is 0.899. The summed E-state index contributed by atoms with van der Waals surface area (Å²) in [5.74, 6) is -2.23. The number of rotatable bonds is 9. The molecule has 0 radical (unpaired) electrons. The van der Waals surface area contributed by atoms with Crippen LogP contribution in [0.1, 0.15) is 38.4 Å². The first kappa shape index (κ1) is 24.1. The molecular formula is C25H23N3O6S. The number of benzene rings is 2. The van der Waals surface area contributed by atoms with E-state index in [2.05, 4.69) is 10.6 Å². The number of ether oxygens (including phenoxy) is 1. The van der Waals surface area contributed by atoms with Crippen molar-refractivity contribution < 1.29 is 28.7 Å². The van der Waals surface area contributed by atoms with Crippen LogP contribution in [0.25, 0.3) is 10.8 Å². The van der Waals surface area contributed by atoms with Gasteiger partial charge in [0.25, 0.3) is 17.7 Å². The van der Waals surface area contributed by atoms with Gasteiger partial charge in [0, 0.05) is 40.9 Å². The third kappa shape index (κ3) is 5.72. The van der Waals surface area contributed by atoms with Gasteiger partial charge in [-0.15, -0.1) is 11.3 Å². The Morgan fingerprint density at radius 2 is 1.66 bits per heavy atom. The van der Waals surface area contributed by atoms with E-state index in [-0.39, 0.29) is 19.4 Å². The maximum absolute atomic E-state index is 12.8. The zero-order valence-electron chi connectivity index (χ0n) is 18.7. The van der Waals surface area contributed by atoms with E-state index in [4.69, 9.17) is 4.74 Å². The van der Waals surface area contributed by atoms with Gasteiger partial charge in [-0.3, -0.25) is 29.4 Å². The van der Waals surface area contributed by atoms with Crippen LogP contribution >= 0.6 is 11.3 Å². The van der Waals surface area contributed by atoms with Crippen LogP contribution in [0.15, 0.2) is 53.9 Å². The summed E-state index contributed by atoms with van der Waals surface area (Å²) in [7, 11) is 0. The normalized spacial score (nSPS) is 12.5. The Labute approximate surface area is 205 Å². The van der Waals surface area contributed by atoms with Crippen molar-refractivity contribution in [2.45, 2.75) is 19.3 Å². The van der Waals surface area contributed by atoms with E-state index < -0.39 is 36.3 Å². The summed E-state index contributed by atoms with van der Waals surface area (Å²) in [4.78, 5) is 63.5. The molecule has 10 heteroatoms. The van der Waals surface area contributed by atoms with Crippen LogP contribution in [0.5, 0.6) is 0 Å². The average Bonchev–Trinajstić information content (AvgIpc) is 3.36. The maximum Gasteiger partial charge on any atom is 0.321 e. The van der Waals surface area contributed by atoms with E-state index in [1.54, 1.807) is 35.6 Å². The topological polar surface area (TPSA) is 122 Å². The Balaban J connectivity index is 1.18. The Hall–Kier alpha value is -4.05. The lowest BCUT2D eigenvalue weighted by Gasteiger charge is -2.27. The molecule has 0 fully saturated rings. The second-order valence-electron chi connectivity index (χ2n) is 7.87. The third-order valence-corrected chi connectivity index (χ3v) is 6.41. The second-order valence-corrected chi connectivity index (χ2v) is 8.90. The molecule has 0 unspecified atom stereocenters. The number of carbonyl (C=O) groups is 5. The van der Waals surface area contributed by atoms with Crippen molar-refractivity contribution in [3.63, 3.8) is 0 Å². The molecule has 3 aromatic rings. The quantitative estimate of drug-likeness (QED) is 0.349. The van der Waals surface area contributed by atoms with Crippen molar-refractivity contribution in [2.24, 2.45) is 0 Å². The van der Waals surface area contributed by atoms with Gasteiger partial charge in [-0.2, -0.15) is 0 Å². The monoisotopic (exact) mass is 493 g/mol. The summed E-state index contributed by atoms with van der Waals surface area (Å²) in [6.45, 7) is -0.198. The van der Waals surface area contributed by atoms with Gasteiger partial charge in [0.15, 0.2) is 6.61 Å². The molecule has 5 amide bonds. The molecule has 9 nitrogen and oxygen atoms in total. The Bertz CT molecular complexity index is 1240.